The van der Waals surface area contributed by atoms with Crippen molar-refractivity contribution in [3.05, 3.63) is 24.2 Å². The molecule has 130 valence electrons. The molecule has 1 saturated heterocycles. The van der Waals surface area contributed by atoms with Gasteiger partial charge in [0.05, 0.1) is 31.9 Å². The van der Waals surface area contributed by atoms with Gasteiger partial charge in [-0.2, -0.15) is 13.2 Å². The maximum atomic E-state index is 12.1. The lowest BCUT2D eigenvalue weighted by Crippen LogP contribution is -2.53. The molecular weight excluding hydrogens is 317 g/mol. The lowest BCUT2D eigenvalue weighted by molar-refractivity contribution is -0.133. The first kappa shape index (κ1) is 17.6. The Kier molecular flexibility index (Phi) is 5.89. The molecule has 0 radical (unpaired) electrons. The average Bonchev–Trinajstić information content (AvgIpc) is 3.00. The van der Waals surface area contributed by atoms with Crippen LogP contribution in [0.15, 0.2) is 22.8 Å². The van der Waals surface area contributed by atoms with Crippen LogP contribution in [0.4, 0.5) is 18.0 Å². The van der Waals surface area contributed by atoms with Gasteiger partial charge >= 0.3 is 12.2 Å². The summed E-state index contributed by atoms with van der Waals surface area (Å²) in [5.41, 5.74) is 0. The van der Waals surface area contributed by atoms with Crippen molar-refractivity contribution in [1.29, 1.82) is 0 Å². The number of aliphatic hydroxyl groups is 1. The molecule has 1 aromatic rings. The largest absolute Gasteiger partial charge is 0.467 e. The highest BCUT2D eigenvalue weighted by atomic mass is 19.4. The van der Waals surface area contributed by atoms with E-state index in [1.807, 2.05) is 0 Å². The minimum absolute atomic E-state index is 0.181. The van der Waals surface area contributed by atoms with Crippen molar-refractivity contribution in [3.63, 3.8) is 0 Å². The van der Waals surface area contributed by atoms with Crippen LogP contribution < -0.4 is 5.32 Å². The molecule has 1 fully saturated rings. The smallest absolute Gasteiger partial charge is 0.390 e. The summed E-state index contributed by atoms with van der Waals surface area (Å²) in [6.07, 6.45) is -4.70. The zero-order chi connectivity index (χ0) is 16.9. The Bertz CT molecular complexity index is 493. The van der Waals surface area contributed by atoms with Gasteiger partial charge < -0.3 is 24.5 Å². The molecule has 1 aromatic heterocycles. The zero-order valence-corrected chi connectivity index (χ0v) is 12.4. The third kappa shape index (κ3) is 5.43. The molecule has 1 aliphatic heterocycles. The van der Waals surface area contributed by atoms with E-state index in [9.17, 15) is 23.1 Å². The number of urea groups is 1. The third-order valence-electron chi connectivity index (χ3n) is 3.54. The van der Waals surface area contributed by atoms with E-state index in [0.29, 0.717) is 12.4 Å². The van der Waals surface area contributed by atoms with Gasteiger partial charge in [-0.15, -0.1) is 0 Å². The van der Waals surface area contributed by atoms with Crippen molar-refractivity contribution < 1.29 is 32.2 Å². The Morgan fingerprint density at radius 2 is 2.30 bits per heavy atom. The monoisotopic (exact) mass is 336 g/mol. The molecular formula is C14H19F3N2O4. The molecule has 0 aromatic carbocycles. The highest BCUT2D eigenvalue weighted by Crippen LogP contribution is 2.23. The first-order valence-electron chi connectivity index (χ1n) is 7.27. The van der Waals surface area contributed by atoms with Gasteiger partial charge in [0.2, 0.25) is 0 Å². The summed E-state index contributed by atoms with van der Waals surface area (Å²) in [7, 11) is 0. The van der Waals surface area contributed by atoms with Crippen LogP contribution in [0.5, 0.6) is 0 Å². The van der Waals surface area contributed by atoms with Crippen LogP contribution in [0.25, 0.3) is 0 Å². The number of halogens is 3. The number of aliphatic hydroxyl groups excluding tert-OH is 1. The number of carbonyl (C=O) groups is 1. The lowest BCUT2D eigenvalue weighted by atomic mass is 10.1. The van der Waals surface area contributed by atoms with Gasteiger partial charge in [0.1, 0.15) is 11.9 Å². The number of ether oxygens (including phenoxy) is 1. The molecule has 0 saturated carbocycles. The number of alkyl halides is 3. The SMILES string of the molecule is O=C(NCCC(F)(F)F)N1CCOCC1CC(O)c1ccco1. The predicted octanol–water partition coefficient (Wildman–Crippen LogP) is 2.07. The second-order valence-electron chi connectivity index (χ2n) is 5.29. The summed E-state index contributed by atoms with van der Waals surface area (Å²) in [6.45, 7) is 0.297. The molecule has 2 unspecified atom stereocenters. The van der Waals surface area contributed by atoms with Gasteiger partial charge in [-0.25, -0.2) is 4.79 Å². The number of furan rings is 1. The molecule has 2 amide bonds. The first-order valence-corrected chi connectivity index (χ1v) is 7.27. The molecule has 0 bridgehead atoms. The van der Waals surface area contributed by atoms with Crippen LogP contribution >= 0.6 is 0 Å². The molecule has 0 aliphatic carbocycles. The Morgan fingerprint density at radius 3 is 2.96 bits per heavy atom. The van der Waals surface area contributed by atoms with Gasteiger partial charge in [0.25, 0.3) is 0 Å². The highest BCUT2D eigenvalue weighted by molar-refractivity contribution is 5.74. The Labute approximate surface area is 131 Å². The van der Waals surface area contributed by atoms with Crippen LogP contribution in [-0.2, 0) is 4.74 Å². The third-order valence-corrected chi connectivity index (χ3v) is 3.54. The van der Waals surface area contributed by atoms with Crippen molar-refractivity contribution in [2.24, 2.45) is 0 Å². The van der Waals surface area contributed by atoms with Gasteiger partial charge in [-0.3, -0.25) is 0 Å². The van der Waals surface area contributed by atoms with Gasteiger partial charge in [-0.05, 0) is 12.1 Å². The number of hydrogen-bond acceptors (Lipinski definition) is 4. The molecule has 0 spiro atoms. The zero-order valence-electron chi connectivity index (χ0n) is 12.4. The number of rotatable bonds is 5. The summed E-state index contributed by atoms with van der Waals surface area (Å²) < 4.78 is 46.8. The van der Waals surface area contributed by atoms with Crippen LogP contribution in [0.3, 0.4) is 0 Å². The van der Waals surface area contributed by atoms with Gasteiger partial charge in [0.15, 0.2) is 0 Å². The van der Waals surface area contributed by atoms with E-state index in [1.165, 1.54) is 11.2 Å². The van der Waals surface area contributed by atoms with Crippen molar-refractivity contribution >= 4 is 6.03 Å². The molecule has 23 heavy (non-hydrogen) atoms. The van der Waals surface area contributed by atoms with Crippen molar-refractivity contribution in [2.45, 2.75) is 31.2 Å². The number of morpholine rings is 1. The van der Waals surface area contributed by atoms with Crippen molar-refractivity contribution in [3.8, 4) is 0 Å². The summed E-state index contributed by atoms with van der Waals surface area (Å²) in [5, 5.41) is 12.3. The summed E-state index contributed by atoms with van der Waals surface area (Å²) in [5.74, 6) is 0.369. The second-order valence-corrected chi connectivity index (χ2v) is 5.29. The normalized spacial score (nSPS) is 20.3. The molecule has 1 aliphatic rings. The van der Waals surface area contributed by atoms with Gasteiger partial charge in [-0.1, -0.05) is 0 Å². The van der Waals surface area contributed by atoms with Crippen molar-refractivity contribution in [2.75, 3.05) is 26.3 Å². The van der Waals surface area contributed by atoms with E-state index < -0.39 is 37.3 Å². The minimum Gasteiger partial charge on any atom is -0.467 e. The van der Waals surface area contributed by atoms with E-state index in [4.69, 9.17) is 9.15 Å². The summed E-state index contributed by atoms with van der Waals surface area (Å²) in [4.78, 5) is 13.4. The summed E-state index contributed by atoms with van der Waals surface area (Å²) >= 11 is 0. The number of nitrogens with zero attached hydrogens (tertiary/aromatic N) is 1. The lowest BCUT2D eigenvalue weighted by Gasteiger charge is -2.36. The van der Waals surface area contributed by atoms with Crippen LogP contribution in [-0.4, -0.2) is 54.6 Å². The van der Waals surface area contributed by atoms with E-state index in [2.05, 4.69) is 5.32 Å². The van der Waals surface area contributed by atoms with E-state index >= 15 is 0 Å². The quantitative estimate of drug-likeness (QED) is 0.863. The standard InChI is InChI=1S/C14H19F3N2O4/c15-14(16,17)3-4-18-13(21)19-5-7-22-9-10(19)8-11(20)12-2-1-6-23-12/h1-2,6,10-11,20H,3-5,7-9H2,(H,18,21). The molecule has 6 nitrogen and oxygen atoms in total. The number of amides is 2. The van der Waals surface area contributed by atoms with Gasteiger partial charge in [0, 0.05) is 19.5 Å². The Hall–Kier alpha value is -1.74. The van der Waals surface area contributed by atoms with E-state index in [0.717, 1.165) is 0 Å². The minimum atomic E-state index is -4.31. The molecule has 2 heterocycles. The average molecular weight is 336 g/mol. The molecule has 2 rings (SSSR count). The number of carbonyl (C=O) groups excluding carboxylic acids is 1. The fourth-order valence-electron chi connectivity index (χ4n) is 2.38. The fourth-order valence-corrected chi connectivity index (χ4v) is 2.38. The number of nitrogens with one attached hydrogen (secondary N) is 1. The predicted molar refractivity (Wildman–Crippen MR) is 73.7 cm³/mol. The van der Waals surface area contributed by atoms with E-state index in [-0.39, 0.29) is 19.6 Å². The van der Waals surface area contributed by atoms with Crippen LogP contribution in [0.2, 0.25) is 0 Å². The summed E-state index contributed by atoms with van der Waals surface area (Å²) in [6, 6.07) is 2.23. The Morgan fingerprint density at radius 1 is 1.52 bits per heavy atom. The van der Waals surface area contributed by atoms with Crippen molar-refractivity contribution in [1.82, 2.24) is 10.2 Å². The maximum Gasteiger partial charge on any atom is 0.390 e. The van der Waals surface area contributed by atoms with Crippen LogP contribution in [0, 0.1) is 0 Å². The molecule has 2 atom stereocenters. The topological polar surface area (TPSA) is 74.9 Å². The number of hydrogen-bond donors (Lipinski definition) is 2. The fraction of sp³-hybridized carbons (Fsp3) is 0.643. The molecule has 9 heteroatoms. The Balaban J connectivity index is 1.88. The second kappa shape index (κ2) is 7.69. The van der Waals surface area contributed by atoms with E-state index in [1.54, 1.807) is 12.1 Å². The maximum absolute atomic E-state index is 12.1. The molecule has 2 N–H and O–H groups in total. The highest BCUT2D eigenvalue weighted by Gasteiger charge is 2.31. The first-order chi connectivity index (χ1) is 10.9. The van der Waals surface area contributed by atoms with Crippen LogP contribution in [0.1, 0.15) is 24.7 Å².